The van der Waals surface area contributed by atoms with Crippen molar-refractivity contribution in [1.29, 1.82) is 0 Å². The van der Waals surface area contributed by atoms with Crippen LogP contribution in [0.25, 0.3) is 0 Å². The summed E-state index contributed by atoms with van der Waals surface area (Å²) in [5, 5.41) is 0. The molecule has 70 valence electrons. The Morgan fingerprint density at radius 2 is 2.15 bits per heavy atom. The number of Topliss-reactive ketones (excluding diaryl/α,β-unsaturated/α-hetero) is 1. The van der Waals surface area contributed by atoms with Gasteiger partial charge in [-0.1, -0.05) is 13.0 Å². The Morgan fingerprint density at radius 1 is 1.46 bits per heavy atom. The number of thioether (sulfide) groups is 1. The van der Waals surface area contributed by atoms with Crippen LogP contribution in [0.5, 0.6) is 0 Å². The van der Waals surface area contributed by atoms with Crippen molar-refractivity contribution in [3.8, 4) is 0 Å². The topological polar surface area (TPSA) is 17.1 Å². The van der Waals surface area contributed by atoms with Gasteiger partial charge < -0.3 is 0 Å². The summed E-state index contributed by atoms with van der Waals surface area (Å²) in [7, 11) is 0. The number of ketones is 1. The summed E-state index contributed by atoms with van der Waals surface area (Å²) >= 11 is 1.81. The van der Waals surface area contributed by atoms with Gasteiger partial charge >= 0.3 is 0 Å². The molecule has 0 aromatic heterocycles. The van der Waals surface area contributed by atoms with Crippen LogP contribution in [0.3, 0.4) is 0 Å². The molecule has 1 nitrogen and oxygen atoms in total. The molecule has 0 N–H and O–H groups in total. The molecule has 0 aliphatic carbocycles. The fourth-order valence-corrected chi connectivity index (χ4v) is 1.95. The van der Waals surface area contributed by atoms with Crippen molar-refractivity contribution < 1.29 is 4.79 Å². The number of carbonyl (C=O) groups excluding carboxylic acids is 1. The predicted molar refractivity (Wildman–Crippen MR) is 57.6 cm³/mol. The summed E-state index contributed by atoms with van der Waals surface area (Å²) in [4.78, 5) is 12.3. The minimum absolute atomic E-state index is 0.135. The van der Waals surface area contributed by atoms with Crippen LogP contribution in [0, 0.1) is 6.92 Å². The Balaban J connectivity index is 2.98. The molecular formula is C11H14OS. The van der Waals surface area contributed by atoms with E-state index >= 15 is 0 Å². The number of rotatable bonds is 3. The summed E-state index contributed by atoms with van der Waals surface area (Å²) in [6.07, 6.45) is 0. The van der Waals surface area contributed by atoms with Gasteiger partial charge in [0.15, 0.2) is 5.78 Å². The molecule has 0 unspecified atom stereocenters. The van der Waals surface area contributed by atoms with E-state index in [-0.39, 0.29) is 5.78 Å². The fourth-order valence-electron chi connectivity index (χ4n) is 1.19. The molecule has 0 aliphatic rings. The molecular weight excluding hydrogens is 180 g/mol. The SMILES string of the molecule is CCSc1ccc(C(C)=O)cc1C. The third-order valence-corrected chi connectivity index (χ3v) is 2.94. The van der Waals surface area contributed by atoms with Gasteiger partial charge in [0.25, 0.3) is 0 Å². The molecule has 0 saturated carbocycles. The second kappa shape index (κ2) is 4.47. The Morgan fingerprint density at radius 3 is 2.62 bits per heavy atom. The lowest BCUT2D eigenvalue weighted by Gasteiger charge is -2.04. The van der Waals surface area contributed by atoms with E-state index in [9.17, 15) is 4.79 Å². The summed E-state index contributed by atoms with van der Waals surface area (Å²) in [6.45, 7) is 5.77. The first-order valence-corrected chi connectivity index (χ1v) is 5.38. The molecule has 0 bridgehead atoms. The minimum atomic E-state index is 0.135. The van der Waals surface area contributed by atoms with Gasteiger partial charge in [0, 0.05) is 10.5 Å². The molecule has 2 heteroatoms. The average Bonchev–Trinajstić information content (AvgIpc) is 2.08. The highest BCUT2D eigenvalue weighted by atomic mass is 32.2. The molecule has 0 aliphatic heterocycles. The monoisotopic (exact) mass is 194 g/mol. The molecule has 1 rings (SSSR count). The van der Waals surface area contributed by atoms with Crippen LogP contribution in [0.15, 0.2) is 23.1 Å². The number of hydrogen-bond acceptors (Lipinski definition) is 2. The van der Waals surface area contributed by atoms with Crippen molar-refractivity contribution in [2.24, 2.45) is 0 Å². The number of hydrogen-bond donors (Lipinski definition) is 0. The summed E-state index contributed by atoms with van der Waals surface area (Å²) in [5.41, 5.74) is 2.00. The molecule has 1 aromatic carbocycles. The smallest absolute Gasteiger partial charge is 0.159 e. The minimum Gasteiger partial charge on any atom is -0.295 e. The maximum atomic E-state index is 11.1. The fraction of sp³-hybridized carbons (Fsp3) is 0.364. The number of benzene rings is 1. The summed E-state index contributed by atoms with van der Waals surface area (Å²) in [5.74, 6) is 1.21. The zero-order valence-electron chi connectivity index (χ0n) is 8.26. The number of aryl methyl sites for hydroxylation is 1. The van der Waals surface area contributed by atoms with E-state index in [0.29, 0.717) is 0 Å². The van der Waals surface area contributed by atoms with Crippen molar-refractivity contribution >= 4 is 17.5 Å². The van der Waals surface area contributed by atoms with Crippen molar-refractivity contribution in [1.82, 2.24) is 0 Å². The zero-order valence-corrected chi connectivity index (χ0v) is 9.07. The molecule has 1 aromatic rings. The molecule has 0 radical (unpaired) electrons. The highest BCUT2D eigenvalue weighted by Crippen LogP contribution is 2.22. The lowest BCUT2D eigenvalue weighted by Crippen LogP contribution is -1.93. The summed E-state index contributed by atoms with van der Waals surface area (Å²) < 4.78 is 0. The van der Waals surface area contributed by atoms with Crippen molar-refractivity contribution in [3.05, 3.63) is 29.3 Å². The molecule has 0 saturated heterocycles. The van der Waals surface area contributed by atoms with Gasteiger partial charge in [-0.25, -0.2) is 0 Å². The van der Waals surface area contributed by atoms with Gasteiger partial charge in [-0.3, -0.25) is 4.79 Å². The second-order valence-corrected chi connectivity index (χ2v) is 4.28. The van der Waals surface area contributed by atoms with E-state index in [1.807, 2.05) is 36.9 Å². The quantitative estimate of drug-likeness (QED) is 0.542. The molecule has 0 atom stereocenters. The average molecular weight is 194 g/mol. The Hall–Kier alpha value is -0.760. The highest BCUT2D eigenvalue weighted by molar-refractivity contribution is 7.99. The van der Waals surface area contributed by atoms with Crippen LogP contribution >= 0.6 is 11.8 Å². The number of carbonyl (C=O) groups is 1. The van der Waals surface area contributed by atoms with Crippen LogP contribution in [0.2, 0.25) is 0 Å². The Kier molecular flexibility index (Phi) is 3.55. The first kappa shape index (κ1) is 10.3. The van der Waals surface area contributed by atoms with Gasteiger partial charge in [0.2, 0.25) is 0 Å². The third kappa shape index (κ3) is 2.59. The Labute approximate surface area is 83.5 Å². The van der Waals surface area contributed by atoms with Crippen molar-refractivity contribution in [2.75, 3.05) is 5.75 Å². The van der Waals surface area contributed by atoms with Crippen LogP contribution in [0.1, 0.15) is 29.8 Å². The van der Waals surface area contributed by atoms with Gasteiger partial charge in [-0.05, 0) is 37.3 Å². The van der Waals surface area contributed by atoms with E-state index in [1.165, 1.54) is 10.5 Å². The van der Waals surface area contributed by atoms with E-state index in [0.717, 1.165) is 11.3 Å². The molecule has 0 amide bonds. The van der Waals surface area contributed by atoms with Crippen LogP contribution in [-0.2, 0) is 0 Å². The van der Waals surface area contributed by atoms with Gasteiger partial charge in [-0.2, -0.15) is 0 Å². The molecule has 13 heavy (non-hydrogen) atoms. The first-order chi connectivity index (χ1) is 6.15. The molecule has 0 fully saturated rings. The van der Waals surface area contributed by atoms with E-state index in [2.05, 4.69) is 6.92 Å². The van der Waals surface area contributed by atoms with Gasteiger partial charge in [0.1, 0.15) is 0 Å². The third-order valence-electron chi connectivity index (χ3n) is 1.88. The maximum Gasteiger partial charge on any atom is 0.159 e. The van der Waals surface area contributed by atoms with Crippen LogP contribution < -0.4 is 0 Å². The lowest BCUT2D eigenvalue weighted by atomic mass is 10.1. The molecule has 0 heterocycles. The first-order valence-electron chi connectivity index (χ1n) is 4.39. The maximum absolute atomic E-state index is 11.1. The highest BCUT2D eigenvalue weighted by Gasteiger charge is 2.02. The van der Waals surface area contributed by atoms with Crippen molar-refractivity contribution in [2.45, 2.75) is 25.7 Å². The normalized spacial score (nSPS) is 10.1. The van der Waals surface area contributed by atoms with Crippen molar-refractivity contribution in [3.63, 3.8) is 0 Å². The van der Waals surface area contributed by atoms with Gasteiger partial charge in [-0.15, -0.1) is 11.8 Å². The van der Waals surface area contributed by atoms with E-state index in [1.54, 1.807) is 6.92 Å². The predicted octanol–water partition coefficient (Wildman–Crippen LogP) is 3.31. The van der Waals surface area contributed by atoms with Gasteiger partial charge in [0.05, 0.1) is 0 Å². The summed E-state index contributed by atoms with van der Waals surface area (Å²) in [6, 6.07) is 5.88. The lowest BCUT2D eigenvalue weighted by molar-refractivity contribution is 0.101. The second-order valence-electron chi connectivity index (χ2n) is 2.97. The van der Waals surface area contributed by atoms with Crippen LogP contribution in [0.4, 0.5) is 0 Å². The standard InChI is InChI=1S/C11H14OS/c1-4-13-11-6-5-10(9(3)12)7-8(11)2/h5-7H,4H2,1-3H3. The van der Waals surface area contributed by atoms with E-state index < -0.39 is 0 Å². The van der Waals surface area contributed by atoms with E-state index in [4.69, 9.17) is 0 Å². The zero-order chi connectivity index (χ0) is 9.84. The largest absolute Gasteiger partial charge is 0.295 e. The Bertz CT molecular complexity index is 318. The van der Waals surface area contributed by atoms with Crippen LogP contribution in [-0.4, -0.2) is 11.5 Å². The molecule has 0 spiro atoms.